The van der Waals surface area contributed by atoms with Gasteiger partial charge in [-0.2, -0.15) is 0 Å². The van der Waals surface area contributed by atoms with Gasteiger partial charge in [0.2, 0.25) is 0 Å². The van der Waals surface area contributed by atoms with Gasteiger partial charge >= 0.3 is 0 Å². The number of halogens is 1. The average Bonchev–Trinajstić information content (AvgIpc) is 2.53. The Labute approximate surface area is 112 Å². The maximum Gasteiger partial charge on any atom is 0.0328 e. The van der Waals surface area contributed by atoms with Gasteiger partial charge in [0.05, 0.1) is 0 Å². The highest BCUT2D eigenvalue weighted by molar-refractivity contribution is 9.10. The van der Waals surface area contributed by atoms with Crippen molar-refractivity contribution < 1.29 is 0 Å². The van der Waals surface area contributed by atoms with E-state index in [4.69, 9.17) is 5.73 Å². The molecule has 0 amide bonds. The second kappa shape index (κ2) is 3.99. The number of benzene rings is 1. The molecule has 0 radical (unpaired) electrons. The topological polar surface area (TPSA) is 38.0 Å². The Morgan fingerprint density at radius 1 is 1.18 bits per heavy atom. The molecule has 94 valence electrons. The summed E-state index contributed by atoms with van der Waals surface area (Å²) in [5, 5.41) is 3.63. The summed E-state index contributed by atoms with van der Waals surface area (Å²) in [6.07, 6.45) is 0. The third-order valence-electron chi connectivity index (χ3n) is 4.51. The van der Waals surface area contributed by atoms with E-state index in [-0.39, 0.29) is 0 Å². The third kappa shape index (κ3) is 2.23. The Morgan fingerprint density at radius 2 is 1.76 bits per heavy atom. The SMILES string of the molecule is CC1(C)C(NCc2cc(N)cc(Br)c2)C1(C)C. The van der Waals surface area contributed by atoms with E-state index in [1.807, 2.05) is 12.1 Å². The van der Waals surface area contributed by atoms with Gasteiger partial charge < -0.3 is 11.1 Å². The molecule has 1 saturated carbocycles. The van der Waals surface area contributed by atoms with Crippen LogP contribution >= 0.6 is 15.9 Å². The smallest absolute Gasteiger partial charge is 0.0328 e. The molecule has 3 N–H and O–H groups in total. The monoisotopic (exact) mass is 296 g/mol. The first-order valence-electron chi connectivity index (χ1n) is 6.03. The number of anilines is 1. The fourth-order valence-corrected chi connectivity index (χ4v) is 3.26. The summed E-state index contributed by atoms with van der Waals surface area (Å²) in [4.78, 5) is 0. The molecule has 1 aliphatic rings. The van der Waals surface area contributed by atoms with Crippen LogP contribution in [0, 0.1) is 10.8 Å². The predicted molar refractivity (Wildman–Crippen MR) is 76.7 cm³/mol. The van der Waals surface area contributed by atoms with Crippen molar-refractivity contribution in [1.29, 1.82) is 0 Å². The molecule has 3 heteroatoms. The second-order valence-electron chi connectivity index (χ2n) is 6.15. The minimum absolute atomic E-state index is 0.380. The van der Waals surface area contributed by atoms with Crippen molar-refractivity contribution in [2.45, 2.75) is 40.3 Å². The first-order chi connectivity index (χ1) is 7.75. The average molecular weight is 297 g/mol. The number of nitrogen functional groups attached to an aromatic ring is 1. The van der Waals surface area contributed by atoms with Crippen LogP contribution in [-0.2, 0) is 6.54 Å². The molecule has 17 heavy (non-hydrogen) atoms. The van der Waals surface area contributed by atoms with Gasteiger partial charge in [-0.05, 0) is 34.6 Å². The van der Waals surface area contributed by atoms with E-state index in [2.05, 4.69) is 55.0 Å². The molecule has 1 aromatic carbocycles. The van der Waals surface area contributed by atoms with E-state index in [0.29, 0.717) is 16.9 Å². The molecule has 0 atom stereocenters. The minimum atomic E-state index is 0.380. The van der Waals surface area contributed by atoms with Gasteiger partial charge in [0.25, 0.3) is 0 Å². The molecule has 0 aliphatic heterocycles. The van der Waals surface area contributed by atoms with E-state index >= 15 is 0 Å². The zero-order valence-electron chi connectivity index (χ0n) is 11.0. The molecular formula is C14H21BrN2. The molecule has 0 heterocycles. The standard InChI is InChI=1S/C14H21BrN2/c1-13(2)12(14(13,3)4)17-8-9-5-10(15)7-11(16)6-9/h5-7,12,17H,8,16H2,1-4H3. The molecule has 0 unspecified atom stereocenters. The molecule has 1 fully saturated rings. The maximum atomic E-state index is 5.83. The lowest BCUT2D eigenvalue weighted by Crippen LogP contribution is -2.21. The number of nitrogens with one attached hydrogen (secondary N) is 1. The zero-order valence-corrected chi connectivity index (χ0v) is 12.6. The summed E-state index contributed by atoms with van der Waals surface area (Å²) in [6.45, 7) is 10.2. The van der Waals surface area contributed by atoms with Crippen LogP contribution in [0.4, 0.5) is 5.69 Å². The number of hydrogen-bond acceptors (Lipinski definition) is 2. The van der Waals surface area contributed by atoms with Crippen molar-refractivity contribution in [1.82, 2.24) is 5.32 Å². The largest absolute Gasteiger partial charge is 0.399 e. The van der Waals surface area contributed by atoms with Gasteiger partial charge in [-0.3, -0.25) is 0 Å². The Kier molecular flexibility index (Phi) is 3.03. The Hall–Kier alpha value is -0.540. The van der Waals surface area contributed by atoms with Crippen LogP contribution in [0.1, 0.15) is 33.3 Å². The van der Waals surface area contributed by atoms with Crippen LogP contribution in [0.2, 0.25) is 0 Å². The van der Waals surface area contributed by atoms with Crippen molar-refractivity contribution in [3.63, 3.8) is 0 Å². The first kappa shape index (κ1) is 12.9. The predicted octanol–water partition coefficient (Wildman–Crippen LogP) is 3.56. The van der Waals surface area contributed by atoms with Crippen LogP contribution in [0.3, 0.4) is 0 Å². The van der Waals surface area contributed by atoms with Crippen LogP contribution in [0.15, 0.2) is 22.7 Å². The van der Waals surface area contributed by atoms with Crippen molar-refractivity contribution in [3.8, 4) is 0 Å². The first-order valence-corrected chi connectivity index (χ1v) is 6.83. The van der Waals surface area contributed by atoms with Gasteiger partial charge in [0.1, 0.15) is 0 Å². The number of nitrogens with two attached hydrogens (primary N) is 1. The van der Waals surface area contributed by atoms with Gasteiger partial charge in [-0.25, -0.2) is 0 Å². The minimum Gasteiger partial charge on any atom is -0.399 e. The molecule has 2 nitrogen and oxygen atoms in total. The van der Waals surface area contributed by atoms with Crippen molar-refractivity contribution in [2.75, 3.05) is 5.73 Å². The lowest BCUT2D eigenvalue weighted by molar-refractivity contribution is 0.457. The maximum absolute atomic E-state index is 5.83. The Morgan fingerprint density at radius 3 is 2.24 bits per heavy atom. The highest BCUT2D eigenvalue weighted by atomic mass is 79.9. The van der Waals surface area contributed by atoms with E-state index in [9.17, 15) is 0 Å². The van der Waals surface area contributed by atoms with Gasteiger partial charge in [-0.1, -0.05) is 43.6 Å². The molecule has 0 saturated heterocycles. The zero-order chi connectivity index (χ0) is 12.8. The normalized spacial score (nSPS) is 21.5. The fraction of sp³-hybridized carbons (Fsp3) is 0.571. The van der Waals surface area contributed by atoms with Crippen LogP contribution in [0.25, 0.3) is 0 Å². The number of rotatable bonds is 3. The molecule has 0 bridgehead atoms. The van der Waals surface area contributed by atoms with E-state index < -0.39 is 0 Å². The van der Waals surface area contributed by atoms with Gasteiger partial charge in [0.15, 0.2) is 0 Å². The van der Waals surface area contributed by atoms with Crippen LogP contribution < -0.4 is 11.1 Å². The summed E-state index contributed by atoms with van der Waals surface area (Å²) in [5.74, 6) is 0. The van der Waals surface area contributed by atoms with Crippen molar-refractivity contribution in [3.05, 3.63) is 28.2 Å². The van der Waals surface area contributed by atoms with Crippen LogP contribution in [-0.4, -0.2) is 6.04 Å². The summed E-state index contributed by atoms with van der Waals surface area (Å²) >= 11 is 3.47. The summed E-state index contributed by atoms with van der Waals surface area (Å²) < 4.78 is 1.05. The van der Waals surface area contributed by atoms with Crippen molar-refractivity contribution in [2.24, 2.45) is 10.8 Å². The lowest BCUT2D eigenvalue weighted by atomic mass is 10.0. The molecule has 0 aromatic heterocycles. The molecule has 2 rings (SSSR count). The second-order valence-corrected chi connectivity index (χ2v) is 7.07. The van der Waals surface area contributed by atoms with Crippen LogP contribution in [0.5, 0.6) is 0 Å². The Bertz CT molecular complexity index is 404. The van der Waals surface area contributed by atoms with Crippen molar-refractivity contribution >= 4 is 21.6 Å². The molecule has 1 aromatic rings. The molecule has 1 aliphatic carbocycles. The third-order valence-corrected chi connectivity index (χ3v) is 4.97. The van der Waals surface area contributed by atoms with E-state index in [0.717, 1.165) is 16.7 Å². The van der Waals surface area contributed by atoms with Gasteiger partial charge in [-0.15, -0.1) is 0 Å². The molecule has 0 spiro atoms. The fourth-order valence-electron chi connectivity index (χ4n) is 2.70. The number of hydrogen-bond donors (Lipinski definition) is 2. The van der Waals surface area contributed by atoms with E-state index in [1.54, 1.807) is 0 Å². The summed E-state index contributed by atoms with van der Waals surface area (Å²) in [7, 11) is 0. The summed E-state index contributed by atoms with van der Waals surface area (Å²) in [5.41, 5.74) is 8.63. The Balaban J connectivity index is 2.00. The summed E-state index contributed by atoms with van der Waals surface area (Å²) in [6, 6.07) is 6.65. The highest BCUT2D eigenvalue weighted by Crippen LogP contribution is 2.62. The van der Waals surface area contributed by atoms with Gasteiger partial charge in [0, 0.05) is 22.7 Å². The van der Waals surface area contributed by atoms with E-state index in [1.165, 1.54) is 5.56 Å². The highest BCUT2D eigenvalue weighted by Gasteiger charge is 2.64. The molecular weight excluding hydrogens is 276 g/mol. The lowest BCUT2D eigenvalue weighted by Gasteiger charge is -2.08. The quantitative estimate of drug-likeness (QED) is 0.837.